The van der Waals surface area contributed by atoms with Crippen LogP contribution in [0.1, 0.15) is 42.6 Å². The van der Waals surface area contributed by atoms with Gasteiger partial charge in [0.2, 0.25) is 5.91 Å². The van der Waals surface area contributed by atoms with Gasteiger partial charge in [-0.25, -0.2) is 4.98 Å². The largest absolute Gasteiger partial charge is 0.341 e. The monoisotopic (exact) mass is 357 g/mol. The molecule has 140 valence electrons. The van der Waals surface area contributed by atoms with Gasteiger partial charge < -0.3 is 14.7 Å². The van der Waals surface area contributed by atoms with Gasteiger partial charge in [-0.1, -0.05) is 0 Å². The highest BCUT2D eigenvalue weighted by atomic mass is 16.2. The molecule has 0 aliphatic carbocycles. The molecule has 3 aliphatic heterocycles. The molecule has 0 bridgehead atoms. The topological polar surface area (TPSA) is 69.6 Å². The summed E-state index contributed by atoms with van der Waals surface area (Å²) in [4.78, 5) is 40.2. The number of aromatic nitrogens is 2. The number of hydrogen-bond acceptors (Lipinski definition) is 5. The second-order valence-electron chi connectivity index (χ2n) is 7.79. The van der Waals surface area contributed by atoms with Crippen LogP contribution in [0, 0.1) is 5.41 Å². The molecule has 3 fully saturated rings. The minimum atomic E-state index is -0.388. The lowest BCUT2D eigenvalue weighted by Crippen LogP contribution is -2.50. The van der Waals surface area contributed by atoms with Crippen LogP contribution >= 0.6 is 0 Å². The molecular weight excluding hydrogens is 330 g/mol. The van der Waals surface area contributed by atoms with E-state index in [0.29, 0.717) is 18.8 Å². The molecule has 3 aliphatic rings. The fourth-order valence-electron chi connectivity index (χ4n) is 4.63. The normalized spacial score (nSPS) is 26.8. The quantitative estimate of drug-likeness (QED) is 0.805. The number of amides is 2. The van der Waals surface area contributed by atoms with E-state index in [-0.39, 0.29) is 17.2 Å². The fraction of sp³-hybridized carbons (Fsp3) is 0.684. The molecule has 2 amide bonds. The smallest absolute Gasteiger partial charge is 0.274 e. The van der Waals surface area contributed by atoms with Gasteiger partial charge in [0, 0.05) is 45.1 Å². The van der Waals surface area contributed by atoms with Gasteiger partial charge in [-0.3, -0.25) is 14.6 Å². The highest BCUT2D eigenvalue weighted by Crippen LogP contribution is 2.40. The van der Waals surface area contributed by atoms with E-state index in [1.807, 2.05) is 4.90 Å². The zero-order valence-electron chi connectivity index (χ0n) is 15.3. The SMILES string of the molecule is O=C(c1cnccn1)N1CCCC2(CCN(CCN3CCCC3)C2=O)C1. The maximum atomic E-state index is 13.1. The van der Waals surface area contributed by atoms with Gasteiger partial charge in [0.15, 0.2) is 0 Å². The number of hydrogen-bond donors (Lipinski definition) is 0. The summed E-state index contributed by atoms with van der Waals surface area (Å²) in [6, 6.07) is 0. The van der Waals surface area contributed by atoms with E-state index in [2.05, 4.69) is 14.9 Å². The van der Waals surface area contributed by atoms with Crippen LogP contribution in [0.15, 0.2) is 18.6 Å². The van der Waals surface area contributed by atoms with Crippen molar-refractivity contribution in [3.05, 3.63) is 24.3 Å². The molecule has 1 atom stereocenters. The predicted molar refractivity (Wildman–Crippen MR) is 96.5 cm³/mol. The summed E-state index contributed by atoms with van der Waals surface area (Å²) in [7, 11) is 0. The third kappa shape index (κ3) is 3.32. The van der Waals surface area contributed by atoms with Crippen molar-refractivity contribution in [3.63, 3.8) is 0 Å². The molecule has 0 N–H and O–H groups in total. The zero-order valence-corrected chi connectivity index (χ0v) is 15.3. The van der Waals surface area contributed by atoms with Gasteiger partial charge in [0.05, 0.1) is 11.6 Å². The van der Waals surface area contributed by atoms with Crippen LogP contribution in [0.25, 0.3) is 0 Å². The first-order valence-electron chi connectivity index (χ1n) is 9.75. The Bertz CT molecular complexity index is 661. The molecule has 7 heteroatoms. The Labute approximate surface area is 154 Å². The van der Waals surface area contributed by atoms with Crippen LogP contribution in [0.4, 0.5) is 0 Å². The predicted octanol–water partition coefficient (Wildman–Crippen LogP) is 1.03. The molecule has 1 aromatic rings. The molecule has 0 radical (unpaired) electrons. The molecule has 4 rings (SSSR count). The van der Waals surface area contributed by atoms with Crippen molar-refractivity contribution >= 4 is 11.8 Å². The Morgan fingerprint density at radius 1 is 1.04 bits per heavy atom. The van der Waals surface area contributed by atoms with E-state index >= 15 is 0 Å². The van der Waals surface area contributed by atoms with E-state index in [4.69, 9.17) is 0 Å². The third-order valence-corrected chi connectivity index (χ3v) is 6.13. The van der Waals surface area contributed by atoms with Crippen LogP contribution in [-0.4, -0.2) is 82.3 Å². The van der Waals surface area contributed by atoms with Crippen molar-refractivity contribution in [2.75, 3.05) is 45.8 Å². The molecule has 4 heterocycles. The maximum Gasteiger partial charge on any atom is 0.274 e. The zero-order chi connectivity index (χ0) is 18.0. The van der Waals surface area contributed by atoms with Crippen molar-refractivity contribution in [2.45, 2.75) is 32.1 Å². The summed E-state index contributed by atoms with van der Waals surface area (Å²) < 4.78 is 0. The first kappa shape index (κ1) is 17.4. The molecule has 1 unspecified atom stereocenters. The number of likely N-dealkylation sites (tertiary alicyclic amines) is 3. The summed E-state index contributed by atoms with van der Waals surface area (Å²) in [5, 5.41) is 0. The molecule has 3 saturated heterocycles. The molecule has 1 spiro atoms. The minimum Gasteiger partial charge on any atom is -0.341 e. The lowest BCUT2D eigenvalue weighted by Gasteiger charge is -2.39. The Kier molecular flexibility index (Phi) is 4.89. The van der Waals surface area contributed by atoms with Gasteiger partial charge in [0.1, 0.15) is 5.69 Å². The number of rotatable bonds is 4. The Balaban J connectivity index is 1.40. The Hall–Kier alpha value is -2.02. The summed E-state index contributed by atoms with van der Waals surface area (Å²) in [6.07, 6.45) is 9.77. The third-order valence-electron chi connectivity index (χ3n) is 6.13. The standard InChI is InChI=1S/C19H27N5O2/c25-17(16-14-20-6-7-21-16)24-10-3-4-19(15-24)5-11-23(18(19)26)13-12-22-8-1-2-9-22/h6-7,14H,1-5,8-13,15H2. The molecule has 7 nitrogen and oxygen atoms in total. The van der Waals surface area contributed by atoms with Gasteiger partial charge >= 0.3 is 0 Å². The number of carbonyl (C=O) groups excluding carboxylic acids is 2. The van der Waals surface area contributed by atoms with E-state index in [1.165, 1.54) is 25.2 Å². The Morgan fingerprint density at radius 2 is 1.88 bits per heavy atom. The van der Waals surface area contributed by atoms with Crippen LogP contribution in [0.3, 0.4) is 0 Å². The lowest BCUT2D eigenvalue weighted by molar-refractivity contribution is -0.138. The first-order chi connectivity index (χ1) is 12.7. The Morgan fingerprint density at radius 3 is 2.65 bits per heavy atom. The maximum absolute atomic E-state index is 13.1. The second kappa shape index (κ2) is 7.31. The van der Waals surface area contributed by atoms with Crippen LogP contribution in [-0.2, 0) is 4.79 Å². The average Bonchev–Trinajstić information content (AvgIpc) is 3.30. The lowest BCUT2D eigenvalue weighted by atomic mass is 9.78. The molecule has 0 saturated carbocycles. The van der Waals surface area contributed by atoms with E-state index in [0.717, 1.165) is 52.0 Å². The van der Waals surface area contributed by atoms with Crippen molar-refractivity contribution in [2.24, 2.45) is 5.41 Å². The van der Waals surface area contributed by atoms with Crippen molar-refractivity contribution in [1.29, 1.82) is 0 Å². The number of carbonyl (C=O) groups is 2. The van der Waals surface area contributed by atoms with E-state index in [9.17, 15) is 9.59 Å². The summed E-state index contributed by atoms with van der Waals surface area (Å²) in [5.41, 5.74) is -0.0258. The number of piperidine rings is 1. The average molecular weight is 357 g/mol. The van der Waals surface area contributed by atoms with E-state index in [1.54, 1.807) is 11.1 Å². The van der Waals surface area contributed by atoms with Gasteiger partial charge in [0.25, 0.3) is 5.91 Å². The highest BCUT2D eigenvalue weighted by molar-refractivity contribution is 5.93. The summed E-state index contributed by atoms with van der Waals surface area (Å²) in [5.74, 6) is 0.133. The van der Waals surface area contributed by atoms with Crippen molar-refractivity contribution < 1.29 is 9.59 Å². The molecule has 26 heavy (non-hydrogen) atoms. The van der Waals surface area contributed by atoms with Crippen molar-refractivity contribution in [1.82, 2.24) is 24.7 Å². The van der Waals surface area contributed by atoms with Gasteiger partial charge in [-0.05, 0) is 45.2 Å². The molecule has 1 aromatic heterocycles. The summed E-state index contributed by atoms with van der Waals surface area (Å²) >= 11 is 0. The number of nitrogens with zero attached hydrogens (tertiary/aromatic N) is 5. The molecule has 0 aromatic carbocycles. The first-order valence-corrected chi connectivity index (χ1v) is 9.75. The van der Waals surface area contributed by atoms with Gasteiger partial charge in [-0.15, -0.1) is 0 Å². The second-order valence-corrected chi connectivity index (χ2v) is 7.79. The van der Waals surface area contributed by atoms with E-state index < -0.39 is 0 Å². The van der Waals surface area contributed by atoms with Crippen LogP contribution in [0.5, 0.6) is 0 Å². The van der Waals surface area contributed by atoms with Crippen molar-refractivity contribution in [3.8, 4) is 0 Å². The van der Waals surface area contributed by atoms with Crippen LogP contribution < -0.4 is 0 Å². The fourth-order valence-corrected chi connectivity index (χ4v) is 4.63. The minimum absolute atomic E-state index is 0.111. The molecular formula is C19H27N5O2. The highest BCUT2D eigenvalue weighted by Gasteiger charge is 2.49. The summed E-state index contributed by atoms with van der Waals surface area (Å²) in [6.45, 7) is 6.14. The van der Waals surface area contributed by atoms with Crippen LogP contribution in [0.2, 0.25) is 0 Å². The van der Waals surface area contributed by atoms with Gasteiger partial charge in [-0.2, -0.15) is 0 Å².